The summed E-state index contributed by atoms with van der Waals surface area (Å²) in [4.78, 5) is 9.22. The van der Waals surface area contributed by atoms with Crippen molar-refractivity contribution >= 4 is 29.4 Å². The fourth-order valence-electron chi connectivity index (χ4n) is 3.03. The maximum absolute atomic E-state index is 6.13. The molecule has 0 bridgehead atoms. The molecule has 4 rings (SSSR count). The molecule has 1 saturated heterocycles. The summed E-state index contributed by atoms with van der Waals surface area (Å²) in [6.07, 6.45) is 1.76. The first-order chi connectivity index (χ1) is 12.8. The van der Waals surface area contributed by atoms with Crippen LogP contribution in [0.25, 0.3) is 11.0 Å². The normalized spacial score (nSPS) is 18.0. The lowest BCUT2D eigenvalue weighted by Crippen LogP contribution is -2.41. The SMILES string of the molecule is CC1(C)OB(c2ccc3nc(NCc4ccccc4)cnc3c2)OC1(C)C. The van der Waals surface area contributed by atoms with Crippen molar-refractivity contribution in [2.75, 3.05) is 5.32 Å². The van der Waals surface area contributed by atoms with Crippen molar-refractivity contribution < 1.29 is 9.31 Å². The van der Waals surface area contributed by atoms with Crippen LogP contribution < -0.4 is 10.8 Å². The first kappa shape index (κ1) is 18.0. The Bertz CT molecular complexity index is 944. The van der Waals surface area contributed by atoms with E-state index in [0.717, 1.165) is 22.3 Å². The molecule has 1 aromatic heterocycles. The lowest BCUT2D eigenvalue weighted by atomic mass is 9.79. The molecular weight excluding hydrogens is 337 g/mol. The lowest BCUT2D eigenvalue weighted by molar-refractivity contribution is 0.00578. The Balaban J connectivity index is 1.53. The van der Waals surface area contributed by atoms with Gasteiger partial charge in [-0.2, -0.15) is 0 Å². The summed E-state index contributed by atoms with van der Waals surface area (Å²) in [5.74, 6) is 0.759. The molecule has 0 spiro atoms. The van der Waals surface area contributed by atoms with Crippen LogP contribution in [0.15, 0.2) is 54.7 Å². The molecule has 2 heterocycles. The zero-order chi connectivity index (χ0) is 19.1. The zero-order valence-corrected chi connectivity index (χ0v) is 16.2. The Hall–Kier alpha value is -2.44. The van der Waals surface area contributed by atoms with Crippen LogP contribution in [0.4, 0.5) is 5.82 Å². The summed E-state index contributed by atoms with van der Waals surface area (Å²) in [7, 11) is -0.392. The van der Waals surface area contributed by atoms with Gasteiger partial charge < -0.3 is 14.6 Å². The van der Waals surface area contributed by atoms with Gasteiger partial charge in [-0.25, -0.2) is 4.98 Å². The van der Waals surface area contributed by atoms with Crippen molar-refractivity contribution in [3.8, 4) is 0 Å². The van der Waals surface area contributed by atoms with Gasteiger partial charge in [-0.1, -0.05) is 36.4 Å². The number of aromatic nitrogens is 2. The number of anilines is 1. The van der Waals surface area contributed by atoms with Crippen LogP contribution in [0.3, 0.4) is 0 Å². The fraction of sp³-hybridized carbons (Fsp3) is 0.333. The highest BCUT2D eigenvalue weighted by Gasteiger charge is 2.51. The third kappa shape index (κ3) is 3.55. The van der Waals surface area contributed by atoms with Crippen LogP contribution >= 0.6 is 0 Å². The highest BCUT2D eigenvalue weighted by atomic mass is 16.7. The third-order valence-corrected chi connectivity index (χ3v) is 5.41. The van der Waals surface area contributed by atoms with E-state index in [9.17, 15) is 0 Å². The molecule has 0 unspecified atom stereocenters. The molecule has 1 aliphatic heterocycles. The number of nitrogens with one attached hydrogen (secondary N) is 1. The number of hydrogen-bond donors (Lipinski definition) is 1. The summed E-state index contributed by atoms with van der Waals surface area (Å²) in [6, 6.07) is 16.2. The second kappa shape index (κ2) is 6.62. The van der Waals surface area contributed by atoms with Crippen LogP contribution in [0.1, 0.15) is 33.3 Å². The summed E-state index contributed by atoms with van der Waals surface area (Å²) in [6.45, 7) is 8.93. The largest absolute Gasteiger partial charge is 0.494 e. The molecule has 6 heteroatoms. The molecule has 0 saturated carbocycles. The maximum Gasteiger partial charge on any atom is 0.494 e. The van der Waals surface area contributed by atoms with Gasteiger partial charge in [0.1, 0.15) is 5.82 Å². The van der Waals surface area contributed by atoms with Gasteiger partial charge in [0.15, 0.2) is 0 Å². The van der Waals surface area contributed by atoms with Gasteiger partial charge >= 0.3 is 7.12 Å². The summed E-state index contributed by atoms with van der Waals surface area (Å²) >= 11 is 0. The van der Waals surface area contributed by atoms with Crippen LogP contribution in [-0.4, -0.2) is 28.3 Å². The Morgan fingerprint density at radius 3 is 2.33 bits per heavy atom. The molecule has 27 heavy (non-hydrogen) atoms. The Morgan fingerprint density at radius 1 is 0.926 bits per heavy atom. The molecule has 1 fully saturated rings. The van der Waals surface area contributed by atoms with Crippen molar-refractivity contribution in [1.29, 1.82) is 0 Å². The molecular formula is C21H24BN3O2. The first-order valence-electron chi connectivity index (χ1n) is 9.24. The van der Waals surface area contributed by atoms with E-state index in [2.05, 4.69) is 55.1 Å². The van der Waals surface area contributed by atoms with Crippen molar-refractivity contribution in [3.63, 3.8) is 0 Å². The molecule has 138 valence electrons. The van der Waals surface area contributed by atoms with E-state index in [1.807, 2.05) is 36.4 Å². The predicted molar refractivity (Wildman–Crippen MR) is 109 cm³/mol. The van der Waals surface area contributed by atoms with Crippen LogP contribution in [-0.2, 0) is 15.9 Å². The highest BCUT2D eigenvalue weighted by Crippen LogP contribution is 2.36. The molecule has 1 aliphatic rings. The quantitative estimate of drug-likeness (QED) is 0.721. The van der Waals surface area contributed by atoms with E-state index in [4.69, 9.17) is 9.31 Å². The topological polar surface area (TPSA) is 56.3 Å². The first-order valence-corrected chi connectivity index (χ1v) is 9.24. The van der Waals surface area contributed by atoms with Gasteiger partial charge in [-0.05, 0) is 50.9 Å². The van der Waals surface area contributed by atoms with Crippen molar-refractivity contribution in [2.24, 2.45) is 0 Å². The molecule has 0 radical (unpaired) electrons. The minimum Gasteiger partial charge on any atom is -0.399 e. The highest BCUT2D eigenvalue weighted by molar-refractivity contribution is 6.62. The molecule has 1 N–H and O–H groups in total. The van der Waals surface area contributed by atoms with Gasteiger partial charge in [-0.15, -0.1) is 0 Å². The van der Waals surface area contributed by atoms with E-state index in [1.54, 1.807) is 6.20 Å². The van der Waals surface area contributed by atoms with Gasteiger partial charge in [0, 0.05) is 6.54 Å². The van der Waals surface area contributed by atoms with Gasteiger partial charge in [0.2, 0.25) is 0 Å². The standard InChI is InChI=1S/C21H24BN3O2/c1-20(2)21(3,4)27-22(26-20)16-10-11-17-18(12-16)23-14-19(25-17)24-13-15-8-6-5-7-9-15/h5-12,14H,13H2,1-4H3,(H,24,25). The Morgan fingerprint density at radius 2 is 1.63 bits per heavy atom. The summed E-state index contributed by atoms with van der Waals surface area (Å²) in [5, 5.41) is 3.32. The number of hydrogen-bond acceptors (Lipinski definition) is 5. The maximum atomic E-state index is 6.13. The van der Waals surface area contributed by atoms with E-state index >= 15 is 0 Å². The Labute approximate surface area is 160 Å². The third-order valence-electron chi connectivity index (χ3n) is 5.41. The van der Waals surface area contributed by atoms with E-state index in [1.165, 1.54) is 5.56 Å². The zero-order valence-electron chi connectivity index (χ0n) is 16.2. The summed E-state index contributed by atoms with van der Waals surface area (Å²) in [5.41, 5.74) is 3.12. The fourth-order valence-corrected chi connectivity index (χ4v) is 3.03. The molecule has 0 atom stereocenters. The lowest BCUT2D eigenvalue weighted by Gasteiger charge is -2.32. The molecule has 0 aliphatic carbocycles. The van der Waals surface area contributed by atoms with Crippen molar-refractivity contribution in [2.45, 2.75) is 45.4 Å². The second-order valence-corrected chi connectivity index (χ2v) is 7.93. The number of nitrogens with zero attached hydrogens (tertiary/aromatic N) is 2. The van der Waals surface area contributed by atoms with Crippen LogP contribution in [0, 0.1) is 0 Å². The van der Waals surface area contributed by atoms with Crippen LogP contribution in [0.5, 0.6) is 0 Å². The minimum absolute atomic E-state index is 0.358. The minimum atomic E-state index is -0.392. The Kier molecular flexibility index (Phi) is 4.40. The van der Waals surface area contributed by atoms with E-state index < -0.39 is 7.12 Å². The molecule has 5 nitrogen and oxygen atoms in total. The number of benzene rings is 2. The molecule has 3 aromatic rings. The number of rotatable bonds is 4. The van der Waals surface area contributed by atoms with Crippen molar-refractivity contribution in [3.05, 3.63) is 60.3 Å². The smallest absolute Gasteiger partial charge is 0.399 e. The number of fused-ring (bicyclic) bond motifs is 1. The van der Waals surface area contributed by atoms with Crippen LogP contribution in [0.2, 0.25) is 0 Å². The van der Waals surface area contributed by atoms with Gasteiger partial charge in [0.25, 0.3) is 0 Å². The monoisotopic (exact) mass is 361 g/mol. The second-order valence-electron chi connectivity index (χ2n) is 7.93. The summed E-state index contributed by atoms with van der Waals surface area (Å²) < 4.78 is 12.3. The average molecular weight is 361 g/mol. The van der Waals surface area contributed by atoms with E-state index in [-0.39, 0.29) is 11.2 Å². The van der Waals surface area contributed by atoms with Gasteiger partial charge in [0.05, 0.1) is 28.4 Å². The molecule has 2 aromatic carbocycles. The predicted octanol–water partition coefficient (Wildman–Crippen LogP) is 3.54. The van der Waals surface area contributed by atoms with Crippen molar-refractivity contribution in [1.82, 2.24) is 9.97 Å². The van der Waals surface area contributed by atoms with Gasteiger partial charge in [-0.3, -0.25) is 4.98 Å². The molecule has 0 amide bonds. The average Bonchev–Trinajstić information content (AvgIpc) is 2.88. The van der Waals surface area contributed by atoms with E-state index in [0.29, 0.717) is 6.54 Å².